The monoisotopic (exact) mass is 452 g/mol. The fraction of sp³-hybridized carbons (Fsp3) is 0.636. The van der Waals surface area contributed by atoms with E-state index in [9.17, 15) is 18.0 Å². The minimum atomic E-state index is -3.67. The number of esters is 1. The summed E-state index contributed by atoms with van der Waals surface area (Å²) in [6.45, 7) is 7.40. The maximum Gasteiger partial charge on any atom is 0.338 e. The summed E-state index contributed by atoms with van der Waals surface area (Å²) >= 11 is 0. The number of rotatable bonds is 8. The van der Waals surface area contributed by atoms with Crippen molar-refractivity contribution in [1.82, 2.24) is 9.21 Å². The normalized spacial score (nSPS) is 20.5. The summed E-state index contributed by atoms with van der Waals surface area (Å²) in [6.07, 6.45) is 2.00. The molecule has 1 amide bonds. The first-order valence-electron chi connectivity index (χ1n) is 11.0. The Labute approximate surface area is 184 Å². The number of amides is 1. The van der Waals surface area contributed by atoms with Crippen molar-refractivity contribution in [2.75, 3.05) is 46.0 Å². The largest absolute Gasteiger partial charge is 0.462 e. The van der Waals surface area contributed by atoms with Crippen LogP contribution >= 0.6 is 0 Å². The molecule has 1 aromatic rings. The molecule has 2 aliphatic heterocycles. The highest BCUT2D eigenvalue weighted by Crippen LogP contribution is 2.26. The van der Waals surface area contributed by atoms with Gasteiger partial charge in [0.15, 0.2) is 0 Å². The van der Waals surface area contributed by atoms with Crippen LogP contribution < -0.4 is 0 Å². The Hall–Kier alpha value is -1.97. The van der Waals surface area contributed by atoms with Crippen molar-refractivity contribution in [2.24, 2.45) is 11.8 Å². The standard InChI is InChI=1S/C22H32N2O6S/c1-3-23(15-17-11-14-29-16-17)21(25)18-9-12-24(13-10-18)31(27,28)20-7-5-19(6-8-20)22(26)30-4-2/h5-8,17-18H,3-4,9-16H2,1-2H3. The van der Waals surface area contributed by atoms with E-state index in [0.717, 1.165) is 13.0 Å². The number of nitrogens with zero attached hydrogens (tertiary/aromatic N) is 2. The van der Waals surface area contributed by atoms with Crippen LogP contribution in [0.5, 0.6) is 0 Å². The van der Waals surface area contributed by atoms with E-state index in [2.05, 4.69) is 0 Å². The van der Waals surface area contributed by atoms with Crippen molar-refractivity contribution in [3.05, 3.63) is 29.8 Å². The van der Waals surface area contributed by atoms with E-state index in [-0.39, 0.29) is 23.3 Å². The zero-order valence-electron chi connectivity index (χ0n) is 18.3. The van der Waals surface area contributed by atoms with Gasteiger partial charge in [0.05, 0.1) is 23.7 Å². The van der Waals surface area contributed by atoms with E-state index in [4.69, 9.17) is 9.47 Å². The number of sulfonamides is 1. The van der Waals surface area contributed by atoms with Gasteiger partial charge in [0.1, 0.15) is 0 Å². The van der Waals surface area contributed by atoms with Gasteiger partial charge in [0.2, 0.25) is 15.9 Å². The summed E-state index contributed by atoms with van der Waals surface area (Å²) in [5, 5.41) is 0. The molecule has 8 nitrogen and oxygen atoms in total. The summed E-state index contributed by atoms with van der Waals surface area (Å²) in [6, 6.07) is 5.79. The molecule has 0 N–H and O–H groups in total. The molecule has 1 unspecified atom stereocenters. The number of carbonyl (C=O) groups is 2. The molecule has 9 heteroatoms. The summed E-state index contributed by atoms with van der Waals surface area (Å²) in [4.78, 5) is 26.8. The van der Waals surface area contributed by atoms with Gasteiger partial charge in [-0.05, 0) is 57.4 Å². The average Bonchev–Trinajstić information content (AvgIpc) is 3.30. The highest BCUT2D eigenvalue weighted by atomic mass is 32.2. The minimum absolute atomic E-state index is 0.116. The van der Waals surface area contributed by atoms with Gasteiger partial charge in [-0.1, -0.05) is 0 Å². The Morgan fingerprint density at radius 2 is 1.81 bits per heavy atom. The molecule has 0 aromatic heterocycles. The van der Waals surface area contributed by atoms with Crippen molar-refractivity contribution in [3.63, 3.8) is 0 Å². The van der Waals surface area contributed by atoms with Crippen LogP contribution in [-0.4, -0.2) is 75.5 Å². The Balaban J connectivity index is 1.58. The maximum absolute atomic E-state index is 13.0. The highest BCUT2D eigenvalue weighted by molar-refractivity contribution is 7.89. The third-order valence-corrected chi connectivity index (χ3v) is 7.92. The molecular weight excluding hydrogens is 420 g/mol. The summed E-state index contributed by atoms with van der Waals surface area (Å²) in [7, 11) is -3.67. The third kappa shape index (κ3) is 5.64. The van der Waals surface area contributed by atoms with Gasteiger partial charge in [-0.3, -0.25) is 4.79 Å². The zero-order valence-corrected chi connectivity index (χ0v) is 19.1. The lowest BCUT2D eigenvalue weighted by Crippen LogP contribution is -2.45. The molecule has 0 radical (unpaired) electrons. The van der Waals surface area contributed by atoms with E-state index < -0.39 is 16.0 Å². The molecule has 1 aromatic carbocycles. The SMILES string of the molecule is CCOC(=O)c1ccc(S(=O)(=O)N2CCC(C(=O)N(CC)CC3CCOC3)CC2)cc1. The van der Waals surface area contributed by atoms with Crippen molar-refractivity contribution < 1.29 is 27.5 Å². The molecular formula is C22H32N2O6S. The molecule has 0 aliphatic carbocycles. The fourth-order valence-electron chi connectivity index (χ4n) is 4.14. The molecule has 31 heavy (non-hydrogen) atoms. The molecule has 172 valence electrons. The Morgan fingerprint density at radius 3 is 2.35 bits per heavy atom. The van der Waals surface area contributed by atoms with Crippen LogP contribution in [0.4, 0.5) is 0 Å². The lowest BCUT2D eigenvalue weighted by atomic mass is 9.96. The molecule has 0 spiro atoms. The first-order valence-corrected chi connectivity index (χ1v) is 12.4. The van der Waals surface area contributed by atoms with Gasteiger partial charge in [-0.2, -0.15) is 4.31 Å². The van der Waals surface area contributed by atoms with Gasteiger partial charge in [-0.25, -0.2) is 13.2 Å². The van der Waals surface area contributed by atoms with Crippen LogP contribution in [0.1, 0.15) is 43.5 Å². The Bertz CT molecular complexity index is 856. The van der Waals surface area contributed by atoms with Crippen molar-refractivity contribution >= 4 is 21.9 Å². The number of piperidine rings is 1. The second-order valence-electron chi connectivity index (χ2n) is 8.03. The van der Waals surface area contributed by atoms with Crippen LogP contribution in [0.25, 0.3) is 0 Å². The number of benzene rings is 1. The predicted octanol–water partition coefficient (Wildman–Crippen LogP) is 2.15. The van der Waals surface area contributed by atoms with Crippen molar-refractivity contribution in [3.8, 4) is 0 Å². The van der Waals surface area contributed by atoms with Crippen molar-refractivity contribution in [2.45, 2.75) is 38.0 Å². The predicted molar refractivity (Wildman–Crippen MR) is 115 cm³/mol. The van der Waals surface area contributed by atoms with E-state index in [1.807, 2.05) is 11.8 Å². The lowest BCUT2D eigenvalue weighted by molar-refractivity contribution is -0.137. The average molecular weight is 453 g/mol. The third-order valence-electron chi connectivity index (χ3n) is 6.00. The van der Waals surface area contributed by atoms with Crippen LogP contribution in [0.2, 0.25) is 0 Å². The summed E-state index contributed by atoms with van der Waals surface area (Å²) in [5.74, 6) is -0.123. The number of hydrogen-bond donors (Lipinski definition) is 0. The van der Waals surface area contributed by atoms with Crippen LogP contribution in [0.15, 0.2) is 29.2 Å². The van der Waals surface area contributed by atoms with E-state index in [1.54, 1.807) is 6.92 Å². The maximum atomic E-state index is 13.0. The highest BCUT2D eigenvalue weighted by Gasteiger charge is 2.34. The van der Waals surface area contributed by atoms with Gasteiger partial charge < -0.3 is 14.4 Å². The zero-order chi connectivity index (χ0) is 22.4. The molecule has 1 atom stereocenters. The van der Waals surface area contributed by atoms with Gasteiger partial charge >= 0.3 is 5.97 Å². The molecule has 2 heterocycles. The first-order chi connectivity index (χ1) is 14.9. The Kier molecular flexibility index (Phi) is 8.07. The number of carbonyl (C=O) groups excluding carboxylic acids is 2. The molecule has 3 rings (SSSR count). The number of hydrogen-bond acceptors (Lipinski definition) is 6. The molecule has 2 fully saturated rings. The Morgan fingerprint density at radius 1 is 1.13 bits per heavy atom. The van der Waals surface area contributed by atoms with Crippen LogP contribution in [0.3, 0.4) is 0 Å². The summed E-state index contributed by atoms with van der Waals surface area (Å²) < 4.78 is 37.8. The van der Waals surface area contributed by atoms with E-state index in [0.29, 0.717) is 57.1 Å². The number of ether oxygens (including phenoxy) is 2. The minimum Gasteiger partial charge on any atom is -0.462 e. The van der Waals surface area contributed by atoms with Crippen molar-refractivity contribution in [1.29, 1.82) is 0 Å². The second kappa shape index (κ2) is 10.6. The summed E-state index contributed by atoms with van der Waals surface area (Å²) in [5.41, 5.74) is 0.317. The lowest BCUT2D eigenvalue weighted by Gasteiger charge is -2.34. The van der Waals surface area contributed by atoms with Gasteiger partial charge in [0, 0.05) is 44.6 Å². The molecule has 0 bridgehead atoms. The van der Waals surface area contributed by atoms with E-state index in [1.165, 1.54) is 28.6 Å². The van der Waals surface area contributed by atoms with Crippen LogP contribution in [0, 0.1) is 11.8 Å². The van der Waals surface area contributed by atoms with Crippen LogP contribution in [-0.2, 0) is 24.3 Å². The molecule has 2 saturated heterocycles. The topological polar surface area (TPSA) is 93.2 Å². The smallest absolute Gasteiger partial charge is 0.338 e. The first kappa shape index (κ1) is 23.7. The molecule has 2 aliphatic rings. The quantitative estimate of drug-likeness (QED) is 0.561. The second-order valence-corrected chi connectivity index (χ2v) is 9.97. The fourth-order valence-corrected chi connectivity index (χ4v) is 5.61. The van der Waals surface area contributed by atoms with Gasteiger partial charge in [0.25, 0.3) is 0 Å². The molecule has 0 saturated carbocycles. The van der Waals surface area contributed by atoms with Gasteiger partial charge in [-0.15, -0.1) is 0 Å². The van der Waals surface area contributed by atoms with E-state index >= 15 is 0 Å².